The number of unbranched alkanes of at least 4 members (excludes halogenated alkanes) is 32. The van der Waals surface area contributed by atoms with Crippen LogP contribution in [-0.4, -0.2) is 47.4 Å². The van der Waals surface area contributed by atoms with E-state index in [0.29, 0.717) is 19.4 Å². The molecule has 0 aromatic heterocycles. The van der Waals surface area contributed by atoms with Gasteiger partial charge in [-0.25, -0.2) is 0 Å². The summed E-state index contributed by atoms with van der Waals surface area (Å²) in [6.45, 7) is 4.83. The molecule has 0 saturated carbocycles. The molecule has 0 aromatic rings. The second kappa shape index (κ2) is 48.7. The second-order valence-corrected chi connectivity index (χ2v) is 17.5. The quantitative estimate of drug-likeness (QED) is 0.0323. The van der Waals surface area contributed by atoms with Gasteiger partial charge < -0.3 is 20.3 Å². The Morgan fingerprint density at radius 1 is 0.475 bits per heavy atom. The van der Waals surface area contributed by atoms with Crippen LogP contribution in [0.1, 0.15) is 264 Å². The monoisotopic (exact) mass is 830 g/mol. The largest absolute Gasteiger partial charge is 0.466 e. The average molecular weight is 830 g/mol. The van der Waals surface area contributed by atoms with Gasteiger partial charge in [0.1, 0.15) is 0 Å². The smallest absolute Gasteiger partial charge is 0.305 e. The maximum Gasteiger partial charge on any atom is 0.305 e. The maximum absolute atomic E-state index is 12.4. The van der Waals surface area contributed by atoms with Crippen molar-refractivity contribution in [2.24, 2.45) is 0 Å². The van der Waals surface area contributed by atoms with Gasteiger partial charge in [0.2, 0.25) is 5.91 Å². The first-order valence-electron chi connectivity index (χ1n) is 25.8. The molecule has 6 nitrogen and oxygen atoms in total. The molecule has 0 aliphatic carbocycles. The summed E-state index contributed by atoms with van der Waals surface area (Å²) < 4.78 is 5.47. The van der Waals surface area contributed by atoms with Gasteiger partial charge in [0, 0.05) is 12.8 Å². The Kier molecular flexibility index (Phi) is 47.2. The molecule has 0 aromatic carbocycles. The molecule has 0 saturated heterocycles. The van der Waals surface area contributed by atoms with E-state index in [0.717, 1.165) is 64.2 Å². The molecular formula is C53H99NO5. The lowest BCUT2D eigenvalue weighted by molar-refractivity contribution is -0.143. The van der Waals surface area contributed by atoms with Crippen molar-refractivity contribution >= 4 is 11.9 Å². The van der Waals surface area contributed by atoms with Crippen LogP contribution in [0, 0.1) is 0 Å². The van der Waals surface area contributed by atoms with E-state index in [-0.39, 0.29) is 18.5 Å². The zero-order valence-electron chi connectivity index (χ0n) is 39.2. The van der Waals surface area contributed by atoms with Gasteiger partial charge in [-0.1, -0.05) is 224 Å². The van der Waals surface area contributed by atoms with Crippen molar-refractivity contribution < 1.29 is 24.5 Å². The molecule has 1 amide bonds. The average Bonchev–Trinajstić information content (AvgIpc) is 3.24. The number of aliphatic hydroxyl groups is 2. The minimum atomic E-state index is -0.848. The number of nitrogens with one attached hydrogen (secondary N) is 1. The first-order chi connectivity index (χ1) is 29.0. The Hall–Kier alpha value is -1.92. The van der Waals surface area contributed by atoms with E-state index in [1.54, 1.807) is 6.08 Å². The first-order valence-corrected chi connectivity index (χ1v) is 25.8. The molecule has 0 bridgehead atoms. The van der Waals surface area contributed by atoms with E-state index in [1.807, 2.05) is 6.08 Å². The number of hydrogen-bond acceptors (Lipinski definition) is 5. The minimum absolute atomic E-state index is 0.00873. The summed E-state index contributed by atoms with van der Waals surface area (Å²) in [5.74, 6) is -0.0890. The van der Waals surface area contributed by atoms with Crippen molar-refractivity contribution in [3.63, 3.8) is 0 Å². The van der Waals surface area contributed by atoms with E-state index < -0.39 is 12.1 Å². The topological polar surface area (TPSA) is 95.9 Å². The van der Waals surface area contributed by atoms with E-state index in [9.17, 15) is 19.8 Å². The third kappa shape index (κ3) is 45.4. The predicted molar refractivity (Wildman–Crippen MR) is 255 cm³/mol. The highest BCUT2D eigenvalue weighted by atomic mass is 16.5. The molecule has 0 rings (SSSR count). The van der Waals surface area contributed by atoms with Crippen molar-refractivity contribution in [3.8, 4) is 0 Å². The number of carbonyl (C=O) groups is 2. The summed E-state index contributed by atoms with van der Waals surface area (Å²) in [5, 5.41) is 22.9. The van der Waals surface area contributed by atoms with Crippen molar-refractivity contribution in [2.75, 3.05) is 13.2 Å². The molecule has 2 unspecified atom stereocenters. The van der Waals surface area contributed by atoms with Gasteiger partial charge in [0.05, 0.1) is 25.4 Å². The highest BCUT2D eigenvalue weighted by Gasteiger charge is 2.18. The Morgan fingerprint density at radius 3 is 1.31 bits per heavy atom. The van der Waals surface area contributed by atoms with Gasteiger partial charge in [-0.2, -0.15) is 0 Å². The van der Waals surface area contributed by atoms with Gasteiger partial charge in [-0.05, 0) is 64.2 Å². The fourth-order valence-electron chi connectivity index (χ4n) is 7.66. The lowest BCUT2D eigenvalue weighted by Gasteiger charge is -2.20. The number of aliphatic hydroxyl groups excluding tert-OH is 2. The highest BCUT2D eigenvalue weighted by Crippen LogP contribution is 2.15. The zero-order valence-corrected chi connectivity index (χ0v) is 39.2. The summed E-state index contributed by atoms with van der Waals surface area (Å²) in [7, 11) is 0. The van der Waals surface area contributed by atoms with Crippen molar-refractivity contribution in [1.29, 1.82) is 0 Å². The number of hydrogen-bond donors (Lipinski definition) is 3. The molecule has 3 N–H and O–H groups in total. The standard InChI is InChI=1S/C53H99NO5/c1-3-5-7-9-11-13-14-15-16-17-18-21-24-27-31-35-39-43-47-53(58)59-48-44-40-36-32-28-25-22-19-20-23-26-30-34-38-42-46-52(57)54-50(49-55)51(56)45-41-37-33-29-12-10-8-6-4-2/h13-14,16-17,41,45,50-51,55-56H,3-12,15,18-40,42-44,46-49H2,1-2H3,(H,54,57)/b14-13-,17-16-,45-41+. The van der Waals surface area contributed by atoms with Crippen LogP contribution in [0.25, 0.3) is 0 Å². The molecule has 0 aliphatic rings. The van der Waals surface area contributed by atoms with E-state index >= 15 is 0 Å². The summed E-state index contributed by atoms with van der Waals surface area (Å²) in [4.78, 5) is 24.4. The number of amides is 1. The van der Waals surface area contributed by atoms with Gasteiger partial charge in [-0.15, -0.1) is 0 Å². The van der Waals surface area contributed by atoms with Crippen molar-refractivity contribution in [3.05, 3.63) is 36.5 Å². The van der Waals surface area contributed by atoms with Crippen LogP contribution in [0.4, 0.5) is 0 Å². The molecule has 2 atom stereocenters. The third-order valence-corrected chi connectivity index (χ3v) is 11.7. The van der Waals surface area contributed by atoms with Crippen LogP contribution in [-0.2, 0) is 14.3 Å². The zero-order chi connectivity index (χ0) is 43.0. The van der Waals surface area contributed by atoms with E-state index in [4.69, 9.17) is 4.74 Å². The molecule has 6 heteroatoms. The highest BCUT2D eigenvalue weighted by molar-refractivity contribution is 5.76. The Bertz CT molecular complexity index is 962. The van der Waals surface area contributed by atoms with Crippen LogP contribution >= 0.6 is 0 Å². The normalized spacial score (nSPS) is 12.9. The summed E-state index contributed by atoms with van der Waals surface area (Å²) in [6, 6.07) is -0.632. The lowest BCUT2D eigenvalue weighted by Crippen LogP contribution is -2.45. The third-order valence-electron chi connectivity index (χ3n) is 11.7. The molecule has 346 valence electrons. The molecular weight excluding hydrogens is 731 g/mol. The molecule has 0 aliphatic heterocycles. The van der Waals surface area contributed by atoms with Gasteiger partial charge in [-0.3, -0.25) is 9.59 Å². The maximum atomic E-state index is 12.4. The molecule has 0 spiro atoms. The summed E-state index contributed by atoms with van der Waals surface area (Å²) in [5.41, 5.74) is 0. The molecule has 0 radical (unpaired) electrons. The fourth-order valence-corrected chi connectivity index (χ4v) is 7.66. The molecule has 0 heterocycles. The van der Waals surface area contributed by atoms with Gasteiger partial charge >= 0.3 is 5.97 Å². The Balaban J connectivity index is 3.43. The van der Waals surface area contributed by atoms with Crippen LogP contribution in [0.2, 0.25) is 0 Å². The predicted octanol–water partition coefficient (Wildman–Crippen LogP) is 15.3. The summed E-state index contributed by atoms with van der Waals surface area (Å²) >= 11 is 0. The van der Waals surface area contributed by atoms with Crippen LogP contribution in [0.15, 0.2) is 36.5 Å². The molecule has 59 heavy (non-hydrogen) atoms. The van der Waals surface area contributed by atoms with Crippen LogP contribution < -0.4 is 5.32 Å². The van der Waals surface area contributed by atoms with Crippen LogP contribution in [0.3, 0.4) is 0 Å². The number of rotatable bonds is 47. The SMILES string of the molecule is CCCCCC/C=C\C/C=C\CCCCCCCCCC(=O)OCCCCCCCCCCCCCCCCCC(=O)NC(CO)C(O)/C=C/CCCCCCCCC. The van der Waals surface area contributed by atoms with Crippen molar-refractivity contribution in [2.45, 2.75) is 276 Å². The minimum Gasteiger partial charge on any atom is -0.466 e. The number of ether oxygens (including phenoxy) is 1. The lowest BCUT2D eigenvalue weighted by atomic mass is 10.0. The first kappa shape index (κ1) is 57.1. The number of esters is 1. The van der Waals surface area contributed by atoms with Crippen molar-refractivity contribution in [1.82, 2.24) is 5.32 Å². The Morgan fingerprint density at radius 2 is 0.847 bits per heavy atom. The van der Waals surface area contributed by atoms with E-state index in [2.05, 4.69) is 43.5 Å². The van der Waals surface area contributed by atoms with Crippen LogP contribution in [0.5, 0.6) is 0 Å². The number of carbonyl (C=O) groups excluding carboxylic acids is 2. The molecule has 0 fully saturated rings. The second-order valence-electron chi connectivity index (χ2n) is 17.5. The fraction of sp³-hybridized carbons (Fsp3) is 0.849. The van der Waals surface area contributed by atoms with Gasteiger partial charge in [0.15, 0.2) is 0 Å². The summed E-state index contributed by atoms with van der Waals surface area (Å²) in [6.07, 6.45) is 58.6. The van der Waals surface area contributed by atoms with Gasteiger partial charge in [0.25, 0.3) is 0 Å². The number of allylic oxidation sites excluding steroid dienone is 5. The Labute approximate surface area is 366 Å². The van der Waals surface area contributed by atoms with E-state index in [1.165, 1.54) is 173 Å².